The molecule has 0 saturated carbocycles. The molecule has 116 valence electrons. The van der Waals surface area contributed by atoms with Crippen molar-refractivity contribution in [2.45, 2.75) is 0 Å². The first kappa shape index (κ1) is 16.9. The van der Waals surface area contributed by atoms with Gasteiger partial charge in [-0.2, -0.15) is 0 Å². The van der Waals surface area contributed by atoms with Gasteiger partial charge in [-0.1, -0.05) is 23.7 Å². The van der Waals surface area contributed by atoms with Crippen molar-refractivity contribution in [2.75, 3.05) is 6.54 Å². The molecule has 1 aromatic heterocycles. The Morgan fingerprint density at radius 2 is 2.00 bits per heavy atom. The third-order valence-electron chi connectivity index (χ3n) is 3.07. The maximum atomic E-state index is 12.1. The van der Waals surface area contributed by atoms with Crippen molar-refractivity contribution in [1.29, 1.82) is 0 Å². The minimum atomic E-state index is -0.548. The van der Waals surface area contributed by atoms with E-state index in [2.05, 4.69) is 15.0 Å². The molecule has 0 saturated heterocycles. The average Bonchev–Trinajstić information content (AvgIpc) is 2.58. The second-order valence-electron chi connectivity index (χ2n) is 4.54. The molecule has 23 heavy (non-hydrogen) atoms. The Labute approximate surface area is 140 Å². The highest BCUT2D eigenvalue weighted by Crippen LogP contribution is 2.27. The number of hydrogen-bond acceptors (Lipinski definition) is 5. The molecule has 1 amide bonds. The van der Waals surface area contributed by atoms with Crippen molar-refractivity contribution in [3.05, 3.63) is 47.2 Å². The van der Waals surface area contributed by atoms with E-state index in [9.17, 15) is 9.59 Å². The summed E-state index contributed by atoms with van der Waals surface area (Å²) >= 11 is 5.98. The second kappa shape index (κ2) is 7.69. The molecule has 1 heterocycles. The van der Waals surface area contributed by atoms with Crippen LogP contribution in [-0.4, -0.2) is 39.5 Å². The zero-order valence-corrected chi connectivity index (χ0v) is 13.4. The minimum Gasteiger partial charge on any atom is -0.566 e. The van der Waals surface area contributed by atoms with E-state index in [-0.39, 0.29) is 12.2 Å². The topological polar surface area (TPSA) is 77.5 Å². The molecule has 0 radical (unpaired) electrons. The molecule has 0 aliphatic rings. The predicted octanol–water partition coefficient (Wildman–Crippen LogP) is 0.150. The quantitative estimate of drug-likeness (QED) is 0.790. The highest BCUT2D eigenvalue weighted by atomic mass is 35.5. The number of hydrogen-bond donors (Lipinski definition) is 1. The van der Waals surface area contributed by atoms with Crippen molar-refractivity contribution < 1.29 is 18.9 Å². The van der Waals surface area contributed by atoms with Crippen LogP contribution in [0.15, 0.2) is 36.5 Å². The third-order valence-corrected chi connectivity index (χ3v) is 3.30. The van der Waals surface area contributed by atoms with Crippen molar-refractivity contribution in [1.82, 2.24) is 10.3 Å². The van der Waals surface area contributed by atoms with Gasteiger partial charge in [0.1, 0.15) is 12.3 Å². The number of amides is 1. The smallest absolute Gasteiger partial charge is 0.326 e. The van der Waals surface area contributed by atoms with E-state index in [1.165, 1.54) is 16.1 Å². The summed E-state index contributed by atoms with van der Waals surface area (Å²) in [7, 11) is 2.68. The molecule has 0 atom stereocenters. The summed E-state index contributed by atoms with van der Waals surface area (Å²) in [6.45, 7) is -0.240. The van der Waals surface area contributed by atoms with E-state index < -0.39 is 11.9 Å². The Kier molecular flexibility index (Phi) is 5.65. The van der Waals surface area contributed by atoms with Crippen LogP contribution in [0, 0.1) is 0 Å². The molecular formula is C14H13B2ClN2O4. The summed E-state index contributed by atoms with van der Waals surface area (Å²) in [6.07, 6.45) is 1.54. The maximum absolute atomic E-state index is 12.1. The fourth-order valence-electron chi connectivity index (χ4n) is 1.90. The second-order valence-corrected chi connectivity index (χ2v) is 4.98. The number of nitrogens with zero attached hydrogens (tertiary/aromatic N) is 1. The van der Waals surface area contributed by atoms with Crippen molar-refractivity contribution >= 4 is 39.6 Å². The molecule has 0 unspecified atom stereocenters. The summed E-state index contributed by atoms with van der Waals surface area (Å²) in [5.41, 5.74) is 1.70. The molecule has 6 nitrogen and oxygen atoms in total. The molecular weight excluding hydrogens is 317 g/mol. The Balaban J connectivity index is 2.26. The number of benzene rings is 1. The maximum Gasteiger partial charge on any atom is 0.326 e. The van der Waals surface area contributed by atoms with Crippen LogP contribution in [0.5, 0.6) is 5.75 Å². The highest BCUT2D eigenvalue weighted by molar-refractivity contribution is 6.30. The van der Waals surface area contributed by atoms with Gasteiger partial charge in [0.25, 0.3) is 5.91 Å². The largest absolute Gasteiger partial charge is 0.566 e. The van der Waals surface area contributed by atoms with Gasteiger partial charge < -0.3 is 14.6 Å². The number of pyridine rings is 1. The highest BCUT2D eigenvalue weighted by Gasteiger charge is 2.16. The van der Waals surface area contributed by atoms with Gasteiger partial charge in [-0.05, 0) is 23.8 Å². The fourth-order valence-corrected chi connectivity index (χ4v) is 2.10. The summed E-state index contributed by atoms with van der Waals surface area (Å²) in [6, 6.07) is 8.94. The zero-order valence-electron chi connectivity index (χ0n) is 12.6. The molecule has 1 aromatic carbocycles. The van der Waals surface area contributed by atoms with E-state index in [0.717, 1.165) is 11.1 Å². The van der Waals surface area contributed by atoms with Crippen LogP contribution in [0.3, 0.4) is 0 Å². The molecule has 0 bridgehead atoms. The number of carbonyl (C=O) groups is 2. The summed E-state index contributed by atoms with van der Waals surface area (Å²) in [5, 5.41) is 3.01. The molecule has 0 fully saturated rings. The van der Waals surface area contributed by atoms with Crippen molar-refractivity contribution in [3.63, 3.8) is 0 Å². The lowest BCUT2D eigenvalue weighted by Gasteiger charge is -2.11. The number of carbonyl (C=O) groups excluding carboxylic acids is 2. The zero-order chi connectivity index (χ0) is 16.8. The van der Waals surface area contributed by atoms with E-state index >= 15 is 0 Å². The number of halogens is 1. The van der Waals surface area contributed by atoms with Gasteiger partial charge >= 0.3 is 22.1 Å². The molecule has 1 N–H and O–H groups in total. The first-order valence-corrected chi connectivity index (χ1v) is 7.08. The van der Waals surface area contributed by atoms with Gasteiger partial charge in [-0.3, -0.25) is 9.59 Å². The van der Waals surface area contributed by atoms with Crippen LogP contribution in [-0.2, 0) is 9.45 Å². The summed E-state index contributed by atoms with van der Waals surface area (Å²) in [5.74, 6) is -0.775. The number of nitrogens with one attached hydrogen (secondary N) is 1. The molecule has 0 spiro atoms. The van der Waals surface area contributed by atoms with E-state index in [0.29, 0.717) is 10.8 Å². The number of rotatable bonds is 5. The van der Waals surface area contributed by atoms with E-state index in [1.54, 1.807) is 24.4 Å². The minimum absolute atomic E-state index is 0.0854. The van der Waals surface area contributed by atoms with Gasteiger partial charge in [0.15, 0.2) is 5.69 Å². The molecule has 2 rings (SSSR count). The molecule has 2 aromatic rings. The third kappa shape index (κ3) is 4.26. The fraction of sp³-hybridized carbons (Fsp3) is 0.0714. The molecule has 0 aliphatic heterocycles. The van der Waals surface area contributed by atoms with Crippen LogP contribution in [0.1, 0.15) is 10.5 Å². The van der Waals surface area contributed by atoms with E-state index in [1.807, 2.05) is 12.1 Å². The molecule has 9 heteroatoms. The van der Waals surface area contributed by atoms with Gasteiger partial charge in [-0.15, -0.1) is 0 Å². The molecule has 0 aliphatic carbocycles. The lowest BCUT2D eigenvalue weighted by Crippen LogP contribution is -2.31. The normalized spacial score (nSPS) is 9.96. The predicted molar refractivity (Wildman–Crippen MR) is 90.8 cm³/mol. The Bertz CT molecular complexity index is 742. The van der Waals surface area contributed by atoms with Crippen LogP contribution >= 0.6 is 11.6 Å². The average molecular weight is 330 g/mol. The number of aromatic nitrogens is 1. The lowest BCUT2D eigenvalue weighted by molar-refractivity contribution is -0.132. The van der Waals surface area contributed by atoms with Crippen molar-refractivity contribution in [3.8, 4) is 16.9 Å². The van der Waals surface area contributed by atoms with E-state index in [4.69, 9.17) is 16.3 Å². The monoisotopic (exact) mass is 330 g/mol. The van der Waals surface area contributed by atoms with Gasteiger partial charge in [0.2, 0.25) is 0 Å². The van der Waals surface area contributed by atoms with Crippen LogP contribution in [0.2, 0.25) is 5.02 Å². The van der Waals surface area contributed by atoms with Crippen molar-refractivity contribution in [2.24, 2.45) is 0 Å². The van der Waals surface area contributed by atoms with Crippen LogP contribution in [0.25, 0.3) is 11.1 Å². The lowest BCUT2D eigenvalue weighted by atomic mass is 10.1. The summed E-state index contributed by atoms with van der Waals surface area (Å²) < 4.78 is 9.68. The Morgan fingerprint density at radius 1 is 1.22 bits per heavy atom. The van der Waals surface area contributed by atoms with Gasteiger partial charge in [0.05, 0.1) is 0 Å². The van der Waals surface area contributed by atoms with Gasteiger partial charge in [-0.25, -0.2) is 4.98 Å². The van der Waals surface area contributed by atoms with Crippen LogP contribution in [0.4, 0.5) is 0 Å². The van der Waals surface area contributed by atoms with Crippen LogP contribution < -0.4 is 9.97 Å². The first-order valence-electron chi connectivity index (χ1n) is 6.70. The van der Waals surface area contributed by atoms with Gasteiger partial charge in [0, 0.05) is 16.8 Å². The summed E-state index contributed by atoms with van der Waals surface area (Å²) in [4.78, 5) is 27.3. The first-order chi connectivity index (χ1) is 11.0. The standard InChI is InChI=1S/C14H13B2ClN2O4/c15-22-11-5-9(8-2-1-3-10(17)4-8)6-18-13(11)14(21)19-7-12(20)23-16/h1-6H,7,15-16H2,(H,19,21). The Morgan fingerprint density at radius 3 is 2.65 bits per heavy atom. The Hall–Kier alpha value is -2.47. The SMILES string of the molecule is BOC(=O)CNC(=O)c1ncc(-c2cccc(Cl)c2)cc1OB.